The van der Waals surface area contributed by atoms with Crippen LogP contribution < -0.4 is 5.32 Å². The number of rotatable bonds is 5. The van der Waals surface area contributed by atoms with Crippen LogP contribution in [0.5, 0.6) is 0 Å². The summed E-state index contributed by atoms with van der Waals surface area (Å²) in [6.45, 7) is 4.51. The Morgan fingerprint density at radius 2 is 2.04 bits per heavy atom. The highest BCUT2D eigenvalue weighted by atomic mass is 16.6. The molecule has 1 aromatic rings. The summed E-state index contributed by atoms with van der Waals surface area (Å²) in [6.07, 6.45) is -0.603. The third-order valence-corrected chi connectivity index (χ3v) is 3.75. The van der Waals surface area contributed by atoms with Crippen molar-refractivity contribution in [1.29, 1.82) is 5.26 Å². The van der Waals surface area contributed by atoms with E-state index < -0.39 is 69.9 Å². The van der Waals surface area contributed by atoms with Crippen molar-refractivity contribution in [3.8, 4) is 6.07 Å². The van der Waals surface area contributed by atoms with Gasteiger partial charge in [-0.1, -0.05) is 12.1 Å². The van der Waals surface area contributed by atoms with Gasteiger partial charge in [0.15, 0.2) is 0 Å². The van der Waals surface area contributed by atoms with Gasteiger partial charge >= 0.3 is 11.9 Å². The van der Waals surface area contributed by atoms with Gasteiger partial charge in [-0.05, 0) is 26.3 Å². The molecule has 0 bridgehead atoms. The largest absolute Gasteiger partial charge is 0.466 e. The van der Waals surface area contributed by atoms with E-state index in [1.165, 1.54) is 6.92 Å². The highest BCUT2D eigenvalue weighted by Gasteiger charge is 2.39. The molecule has 1 N–H and O–H groups in total. The van der Waals surface area contributed by atoms with Crippen LogP contribution in [0, 0.1) is 21.4 Å². The number of ether oxygens (including phenoxy) is 2. The first-order valence-corrected chi connectivity index (χ1v) is 8.04. The van der Waals surface area contributed by atoms with Crippen molar-refractivity contribution in [2.75, 3.05) is 7.11 Å². The van der Waals surface area contributed by atoms with E-state index >= 15 is 0 Å². The van der Waals surface area contributed by atoms with Gasteiger partial charge in [-0.3, -0.25) is 10.1 Å². The van der Waals surface area contributed by atoms with Crippen molar-refractivity contribution < 1.29 is 29.5 Å². The zero-order valence-corrected chi connectivity index (χ0v) is 15.5. The molecule has 0 fully saturated rings. The number of carbonyl (C=O) groups is 2. The van der Waals surface area contributed by atoms with Gasteiger partial charge in [0.1, 0.15) is 11.8 Å². The molecular formula is C19H19N3O6. The summed E-state index contributed by atoms with van der Waals surface area (Å²) >= 11 is 0. The summed E-state index contributed by atoms with van der Waals surface area (Å²) in [6, 6.07) is -1.81. The van der Waals surface area contributed by atoms with Gasteiger partial charge in [0.2, 0.25) is 0 Å². The summed E-state index contributed by atoms with van der Waals surface area (Å²) in [5.74, 6) is -3.71. The number of carbonyl (C=O) groups excluding carboxylic acids is 2. The molecule has 1 aromatic carbocycles. The third-order valence-electron chi connectivity index (χ3n) is 3.75. The first kappa shape index (κ1) is 15.4. The lowest BCUT2D eigenvalue weighted by atomic mass is 9.80. The smallest absolute Gasteiger partial charge is 0.337 e. The number of nitro benzene ring substituents is 1. The molecule has 0 amide bonds. The van der Waals surface area contributed by atoms with Crippen LogP contribution in [0.15, 0.2) is 46.7 Å². The van der Waals surface area contributed by atoms with Crippen molar-refractivity contribution in [2.24, 2.45) is 0 Å². The number of dihydropyridines is 1. The molecule has 28 heavy (non-hydrogen) atoms. The molecule has 1 atom stereocenters. The molecule has 146 valence electrons. The van der Waals surface area contributed by atoms with Gasteiger partial charge in [0, 0.05) is 17.8 Å². The molecule has 1 aliphatic rings. The van der Waals surface area contributed by atoms with Crippen molar-refractivity contribution in [2.45, 2.75) is 32.8 Å². The van der Waals surface area contributed by atoms with Crippen LogP contribution in [0.2, 0.25) is 0 Å². The van der Waals surface area contributed by atoms with Crippen LogP contribution >= 0.6 is 0 Å². The van der Waals surface area contributed by atoms with E-state index in [-0.39, 0.29) is 17.0 Å². The fourth-order valence-electron chi connectivity index (χ4n) is 2.67. The van der Waals surface area contributed by atoms with Crippen LogP contribution in [-0.4, -0.2) is 30.1 Å². The molecule has 9 heteroatoms. The maximum atomic E-state index is 12.9. The van der Waals surface area contributed by atoms with Crippen molar-refractivity contribution in [1.82, 2.24) is 5.32 Å². The summed E-state index contributed by atoms with van der Waals surface area (Å²) in [4.78, 5) is 36.0. The van der Waals surface area contributed by atoms with E-state index in [2.05, 4.69) is 5.32 Å². The third kappa shape index (κ3) is 4.01. The average molecular weight is 389 g/mol. The second-order valence-corrected chi connectivity index (χ2v) is 5.96. The molecule has 0 aliphatic carbocycles. The quantitative estimate of drug-likeness (QED) is 0.461. The van der Waals surface area contributed by atoms with Gasteiger partial charge in [-0.25, -0.2) is 9.59 Å². The van der Waals surface area contributed by atoms with Crippen LogP contribution in [0.25, 0.3) is 0 Å². The predicted octanol–water partition coefficient (Wildman–Crippen LogP) is 2.46. The highest BCUT2D eigenvalue weighted by molar-refractivity contribution is 6.00. The number of benzene rings is 1. The first-order chi connectivity index (χ1) is 14.9. The minimum Gasteiger partial charge on any atom is -0.466 e. The molecule has 0 radical (unpaired) electrons. The second-order valence-electron chi connectivity index (χ2n) is 5.96. The number of nitriles is 1. The average Bonchev–Trinajstić information content (AvgIpc) is 2.70. The van der Waals surface area contributed by atoms with E-state index in [9.17, 15) is 25.0 Å². The number of hydrogen-bond acceptors (Lipinski definition) is 8. The molecule has 9 nitrogen and oxygen atoms in total. The standard InChI is InChI=1S/C19H19N3O6/c1-10(2)28-19(24)15-11(3)21-14(9-20)17(18(23)27-4)16(15)12-6-5-7-13(8-12)22(25)26/h5-8,10,16,21H,1-4H3/i5D,6D,7D,8D. The van der Waals surface area contributed by atoms with E-state index in [1.54, 1.807) is 19.9 Å². The maximum Gasteiger partial charge on any atom is 0.337 e. The summed E-state index contributed by atoms with van der Waals surface area (Å²) in [5.41, 5.74) is -2.72. The van der Waals surface area contributed by atoms with Gasteiger partial charge in [0.25, 0.3) is 5.69 Å². The van der Waals surface area contributed by atoms with Crippen LogP contribution in [-0.2, 0) is 19.1 Å². The monoisotopic (exact) mass is 389 g/mol. The minimum atomic E-state index is -1.66. The zero-order chi connectivity index (χ0) is 24.5. The summed E-state index contributed by atoms with van der Waals surface area (Å²) in [5, 5.41) is 23.7. The lowest BCUT2D eigenvalue weighted by Crippen LogP contribution is -2.33. The topological polar surface area (TPSA) is 132 Å². The highest BCUT2D eigenvalue weighted by Crippen LogP contribution is 2.40. The second kappa shape index (κ2) is 8.35. The minimum absolute atomic E-state index is 0.0489. The number of allylic oxidation sites excluding steroid dienone is 2. The van der Waals surface area contributed by atoms with Crippen LogP contribution in [0.1, 0.15) is 37.7 Å². The van der Waals surface area contributed by atoms with Gasteiger partial charge in [0.05, 0.1) is 40.7 Å². The zero-order valence-electron chi connectivity index (χ0n) is 19.5. The fraction of sp³-hybridized carbons (Fsp3) is 0.316. The van der Waals surface area contributed by atoms with E-state index in [0.29, 0.717) is 0 Å². The Bertz CT molecular complexity index is 1140. The molecule has 1 aliphatic heterocycles. The van der Waals surface area contributed by atoms with Crippen molar-refractivity contribution in [3.05, 3.63) is 62.4 Å². The van der Waals surface area contributed by atoms with Gasteiger partial charge in [-0.15, -0.1) is 0 Å². The Hall–Kier alpha value is -3.67. The number of methoxy groups -OCH3 is 1. The molecule has 1 heterocycles. The number of hydrogen-bond donors (Lipinski definition) is 1. The van der Waals surface area contributed by atoms with Crippen LogP contribution in [0.4, 0.5) is 5.69 Å². The lowest BCUT2D eigenvalue weighted by Gasteiger charge is -2.29. The predicted molar refractivity (Wildman–Crippen MR) is 97.6 cm³/mol. The molecule has 0 aromatic heterocycles. The SMILES string of the molecule is [2H]c1c([2H])c(C2C(C(=O)OC(C)C)=C(C)NC(C#N)=C2C(=O)OC)c([2H])c([N+](=O)[O-])c1[2H]. The van der Waals surface area contributed by atoms with Gasteiger partial charge < -0.3 is 14.8 Å². The molecule has 2 rings (SSSR count). The molecule has 0 saturated carbocycles. The molecular weight excluding hydrogens is 366 g/mol. The number of esters is 2. The van der Waals surface area contributed by atoms with E-state index in [0.717, 1.165) is 7.11 Å². The molecule has 0 spiro atoms. The summed E-state index contributed by atoms with van der Waals surface area (Å²) < 4.78 is 42.3. The van der Waals surface area contributed by atoms with Crippen molar-refractivity contribution >= 4 is 17.6 Å². The Morgan fingerprint density at radius 3 is 2.57 bits per heavy atom. The molecule has 1 unspecified atom stereocenters. The lowest BCUT2D eigenvalue weighted by molar-refractivity contribution is -0.384. The molecule has 0 saturated heterocycles. The Kier molecular flexibility index (Phi) is 4.59. The van der Waals surface area contributed by atoms with Gasteiger partial charge in [-0.2, -0.15) is 5.26 Å². The van der Waals surface area contributed by atoms with Crippen LogP contribution in [0.3, 0.4) is 0 Å². The van der Waals surface area contributed by atoms with Crippen molar-refractivity contribution in [3.63, 3.8) is 0 Å². The number of nitrogens with one attached hydrogen (secondary N) is 1. The first-order valence-electron chi connectivity index (χ1n) is 10.0. The maximum absolute atomic E-state index is 12.9. The number of nitro groups is 1. The summed E-state index contributed by atoms with van der Waals surface area (Å²) in [7, 11) is 1.01. The normalized spacial score (nSPS) is 18.4. The van der Waals surface area contributed by atoms with E-state index in [1.807, 2.05) is 0 Å². The van der Waals surface area contributed by atoms with E-state index in [4.69, 9.17) is 15.0 Å². The Balaban J connectivity index is 3.05. The fourth-order valence-corrected chi connectivity index (χ4v) is 2.67. The Morgan fingerprint density at radius 1 is 1.36 bits per heavy atom. The Labute approximate surface area is 167 Å². The number of nitrogens with zero attached hydrogens (tertiary/aromatic N) is 2.